The number of carbonyl (C=O) groups is 1. The maximum atomic E-state index is 13.2. The van der Waals surface area contributed by atoms with E-state index in [1.807, 2.05) is 55.5 Å². The number of hydrogen-bond donors (Lipinski definition) is 2. The standard InChI is InChI=1S/C26H24ClN3O3/c1-17-6-11-24-19(12-17)13-20(25(31)29-24)16-30(15-18-7-9-23(33-2)10-8-18)26(32)28-22-5-3-4-21(27)14-22/h3-14H,15-16H2,1-2H3,(H,28,32)(H,29,31). The molecule has 0 atom stereocenters. The minimum absolute atomic E-state index is 0.137. The molecule has 0 fully saturated rings. The van der Waals surface area contributed by atoms with Crippen LogP contribution < -0.4 is 15.6 Å². The average Bonchev–Trinajstić information content (AvgIpc) is 2.80. The Hall–Kier alpha value is -3.77. The quantitative estimate of drug-likeness (QED) is 0.385. The summed E-state index contributed by atoms with van der Waals surface area (Å²) in [6.07, 6.45) is 0. The minimum atomic E-state index is -0.336. The summed E-state index contributed by atoms with van der Waals surface area (Å²) in [5.74, 6) is 0.732. The van der Waals surface area contributed by atoms with Gasteiger partial charge in [-0.2, -0.15) is 0 Å². The van der Waals surface area contributed by atoms with Crippen LogP contribution in [0.5, 0.6) is 5.75 Å². The van der Waals surface area contributed by atoms with Gasteiger partial charge in [0.15, 0.2) is 0 Å². The minimum Gasteiger partial charge on any atom is -0.497 e. The molecule has 168 valence electrons. The maximum absolute atomic E-state index is 13.2. The van der Waals surface area contributed by atoms with Gasteiger partial charge in [0.25, 0.3) is 5.56 Å². The van der Waals surface area contributed by atoms with E-state index in [1.54, 1.807) is 36.3 Å². The number of nitrogens with one attached hydrogen (secondary N) is 2. The smallest absolute Gasteiger partial charge is 0.322 e. The van der Waals surface area contributed by atoms with Gasteiger partial charge in [-0.05, 0) is 66.4 Å². The van der Waals surface area contributed by atoms with E-state index in [1.165, 1.54) is 0 Å². The van der Waals surface area contributed by atoms with Gasteiger partial charge in [0.1, 0.15) is 5.75 Å². The molecule has 2 amide bonds. The topological polar surface area (TPSA) is 74.4 Å². The SMILES string of the molecule is COc1ccc(CN(Cc2cc3cc(C)ccc3[nH]c2=O)C(=O)Nc2cccc(Cl)c2)cc1. The Morgan fingerprint density at radius 2 is 1.82 bits per heavy atom. The molecule has 0 bridgehead atoms. The molecule has 1 heterocycles. The number of methoxy groups -OCH3 is 1. The summed E-state index contributed by atoms with van der Waals surface area (Å²) in [5.41, 5.74) is 3.62. The second kappa shape index (κ2) is 9.79. The monoisotopic (exact) mass is 461 g/mol. The molecule has 6 nitrogen and oxygen atoms in total. The largest absolute Gasteiger partial charge is 0.497 e. The van der Waals surface area contributed by atoms with Crippen molar-refractivity contribution in [3.63, 3.8) is 0 Å². The Morgan fingerprint density at radius 3 is 2.55 bits per heavy atom. The van der Waals surface area contributed by atoms with Crippen molar-refractivity contribution in [2.45, 2.75) is 20.0 Å². The highest BCUT2D eigenvalue weighted by molar-refractivity contribution is 6.30. The number of aryl methyl sites for hydroxylation is 1. The number of carbonyl (C=O) groups excluding carboxylic acids is 1. The molecule has 0 aliphatic carbocycles. The normalized spacial score (nSPS) is 10.8. The highest BCUT2D eigenvalue weighted by Crippen LogP contribution is 2.19. The number of ether oxygens (including phenoxy) is 1. The van der Waals surface area contributed by atoms with E-state index in [0.29, 0.717) is 22.8 Å². The Labute approximate surface area is 196 Å². The summed E-state index contributed by atoms with van der Waals surface area (Å²) in [4.78, 5) is 30.5. The van der Waals surface area contributed by atoms with Crippen molar-refractivity contribution in [3.8, 4) is 5.75 Å². The molecule has 0 saturated heterocycles. The van der Waals surface area contributed by atoms with E-state index in [2.05, 4.69) is 10.3 Å². The zero-order valence-electron chi connectivity index (χ0n) is 18.4. The third kappa shape index (κ3) is 5.54. The lowest BCUT2D eigenvalue weighted by Crippen LogP contribution is -2.35. The number of benzene rings is 3. The van der Waals surface area contributed by atoms with Crippen LogP contribution in [0.3, 0.4) is 0 Å². The summed E-state index contributed by atoms with van der Waals surface area (Å²) in [6, 6.07) is 21.8. The molecule has 0 unspecified atom stereocenters. The number of anilines is 1. The number of halogens is 1. The number of aromatic nitrogens is 1. The van der Waals surface area contributed by atoms with E-state index < -0.39 is 0 Å². The van der Waals surface area contributed by atoms with Crippen LogP contribution >= 0.6 is 11.6 Å². The highest BCUT2D eigenvalue weighted by Gasteiger charge is 2.17. The fourth-order valence-corrected chi connectivity index (χ4v) is 3.80. The van der Waals surface area contributed by atoms with Gasteiger partial charge in [-0.15, -0.1) is 0 Å². The van der Waals surface area contributed by atoms with Crippen molar-refractivity contribution in [2.75, 3.05) is 12.4 Å². The van der Waals surface area contributed by atoms with Crippen molar-refractivity contribution in [2.24, 2.45) is 0 Å². The van der Waals surface area contributed by atoms with Crippen molar-refractivity contribution in [3.05, 3.63) is 105 Å². The summed E-state index contributed by atoms with van der Waals surface area (Å²) in [6.45, 7) is 2.44. The number of H-pyrrole nitrogens is 1. The van der Waals surface area contributed by atoms with Gasteiger partial charge in [0.05, 0.1) is 13.7 Å². The first-order valence-electron chi connectivity index (χ1n) is 10.5. The van der Waals surface area contributed by atoms with E-state index in [-0.39, 0.29) is 18.1 Å². The fraction of sp³-hybridized carbons (Fsp3) is 0.154. The number of rotatable bonds is 6. The van der Waals surface area contributed by atoms with Crippen LogP contribution in [0, 0.1) is 6.92 Å². The lowest BCUT2D eigenvalue weighted by molar-refractivity contribution is 0.206. The van der Waals surface area contributed by atoms with Gasteiger partial charge >= 0.3 is 6.03 Å². The number of nitrogens with zero attached hydrogens (tertiary/aromatic N) is 1. The zero-order valence-corrected chi connectivity index (χ0v) is 19.1. The number of amides is 2. The maximum Gasteiger partial charge on any atom is 0.322 e. The summed E-state index contributed by atoms with van der Waals surface area (Å²) in [5, 5.41) is 4.32. The van der Waals surface area contributed by atoms with Gasteiger partial charge < -0.3 is 19.9 Å². The van der Waals surface area contributed by atoms with E-state index in [0.717, 1.165) is 27.8 Å². The van der Waals surface area contributed by atoms with Gasteiger partial charge in [-0.1, -0.05) is 41.4 Å². The number of pyridine rings is 1. The predicted molar refractivity (Wildman–Crippen MR) is 132 cm³/mol. The Kier molecular flexibility index (Phi) is 6.66. The molecule has 4 rings (SSSR count). The van der Waals surface area contributed by atoms with Crippen LogP contribution in [0.2, 0.25) is 5.02 Å². The number of aromatic amines is 1. The molecule has 0 spiro atoms. The second-order valence-electron chi connectivity index (χ2n) is 7.86. The Morgan fingerprint density at radius 1 is 1.03 bits per heavy atom. The zero-order chi connectivity index (χ0) is 23.4. The molecule has 0 aliphatic rings. The van der Waals surface area contributed by atoms with Crippen molar-refractivity contribution in [1.29, 1.82) is 0 Å². The van der Waals surface area contributed by atoms with Crippen LogP contribution in [-0.4, -0.2) is 23.0 Å². The van der Waals surface area contributed by atoms with Gasteiger partial charge in [-0.25, -0.2) is 4.79 Å². The van der Waals surface area contributed by atoms with Crippen molar-refractivity contribution < 1.29 is 9.53 Å². The lowest BCUT2D eigenvalue weighted by atomic mass is 10.1. The summed E-state index contributed by atoms with van der Waals surface area (Å²) < 4.78 is 5.22. The van der Waals surface area contributed by atoms with E-state index in [9.17, 15) is 9.59 Å². The number of fused-ring (bicyclic) bond motifs is 1. The second-order valence-corrected chi connectivity index (χ2v) is 8.30. The molecule has 0 radical (unpaired) electrons. The molecule has 3 aromatic carbocycles. The molecular weight excluding hydrogens is 438 g/mol. The lowest BCUT2D eigenvalue weighted by Gasteiger charge is -2.23. The summed E-state index contributed by atoms with van der Waals surface area (Å²) in [7, 11) is 1.60. The first-order chi connectivity index (χ1) is 15.9. The van der Waals surface area contributed by atoms with Crippen LogP contribution in [0.4, 0.5) is 10.5 Å². The molecule has 2 N–H and O–H groups in total. The van der Waals surface area contributed by atoms with Gasteiger partial charge in [-0.3, -0.25) is 4.79 Å². The van der Waals surface area contributed by atoms with Crippen LogP contribution in [0.15, 0.2) is 77.6 Å². The molecule has 7 heteroatoms. The Balaban J connectivity index is 1.65. The molecule has 33 heavy (non-hydrogen) atoms. The predicted octanol–water partition coefficient (Wildman–Crippen LogP) is 5.73. The third-order valence-electron chi connectivity index (χ3n) is 5.33. The molecular formula is C26H24ClN3O3. The highest BCUT2D eigenvalue weighted by atomic mass is 35.5. The van der Waals surface area contributed by atoms with Crippen molar-refractivity contribution >= 4 is 34.2 Å². The first-order valence-corrected chi connectivity index (χ1v) is 10.9. The van der Waals surface area contributed by atoms with Crippen LogP contribution in [-0.2, 0) is 13.1 Å². The van der Waals surface area contributed by atoms with Crippen LogP contribution in [0.1, 0.15) is 16.7 Å². The third-order valence-corrected chi connectivity index (χ3v) is 5.57. The summed E-state index contributed by atoms with van der Waals surface area (Å²) >= 11 is 6.06. The van der Waals surface area contributed by atoms with E-state index in [4.69, 9.17) is 16.3 Å². The number of urea groups is 1. The first kappa shape index (κ1) is 22.4. The molecule has 0 aliphatic heterocycles. The van der Waals surface area contributed by atoms with Gasteiger partial charge in [0, 0.05) is 28.3 Å². The Bertz CT molecular complexity index is 1350. The molecule has 0 saturated carbocycles. The van der Waals surface area contributed by atoms with Crippen LogP contribution in [0.25, 0.3) is 10.9 Å². The molecule has 4 aromatic rings. The number of hydrogen-bond acceptors (Lipinski definition) is 3. The van der Waals surface area contributed by atoms with Crippen molar-refractivity contribution in [1.82, 2.24) is 9.88 Å². The molecule has 1 aromatic heterocycles. The average molecular weight is 462 g/mol. The fourth-order valence-electron chi connectivity index (χ4n) is 3.61. The van der Waals surface area contributed by atoms with Gasteiger partial charge in [0.2, 0.25) is 0 Å². The van der Waals surface area contributed by atoms with E-state index >= 15 is 0 Å².